The Balaban J connectivity index is 2.96. The molecule has 0 aliphatic rings. The number of alkyl halides is 1. The van der Waals surface area contributed by atoms with Crippen molar-refractivity contribution < 1.29 is 4.21 Å². The van der Waals surface area contributed by atoms with Crippen molar-refractivity contribution in [2.75, 3.05) is 16.8 Å². The molecule has 0 saturated heterocycles. The third-order valence-corrected chi connectivity index (χ3v) is 3.28. The molecule has 0 heterocycles. The molecular weight excluding hydrogens is 212 g/mol. The van der Waals surface area contributed by atoms with Gasteiger partial charge in [-0.25, -0.2) is 0 Å². The van der Waals surface area contributed by atoms with Crippen LogP contribution in [0.5, 0.6) is 0 Å². The third-order valence-electron chi connectivity index (χ3n) is 1.33. The molecule has 0 bridgehead atoms. The van der Waals surface area contributed by atoms with Gasteiger partial charge in [-0.2, -0.15) is 0 Å². The molecule has 0 N–H and O–H groups in total. The maximum atomic E-state index is 10.9. The minimum Gasteiger partial charge on any atom is -0.260 e. The van der Waals surface area contributed by atoms with E-state index >= 15 is 0 Å². The van der Waals surface area contributed by atoms with Crippen LogP contribution < -0.4 is 0 Å². The van der Waals surface area contributed by atoms with Crippen LogP contribution in [-0.4, -0.2) is 21.0 Å². The van der Waals surface area contributed by atoms with Gasteiger partial charge in [-0.3, -0.25) is 4.21 Å². The van der Waals surface area contributed by atoms with Crippen molar-refractivity contribution in [2.24, 2.45) is 0 Å². The molecule has 0 fully saturated rings. The van der Waals surface area contributed by atoms with Crippen LogP contribution in [-0.2, 0) is 10.8 Å². The fraction of sp³-hybridized carbons (Fsp3) is 1.00. The van der Waals surface area contributed by atoms with Gasteiger partial charge in [0.1, 0.15) is 0 Å². The number of hydrogen-bond donors (Lipinski definition) is 0. The van der Waals surface area contributed by atoms with E-state index in [0.29, 0.717) is 0 Å². The van der Waals surface area contributed by atoms with Gasteiger partial charge in [-0.15, -0.1) is 0 Å². The monoisotopic (exact) mass is 226 g/mol. The fourth-order valence-corrected chi connectivity index (χ4v) is 1.89. The van der Waals surface area contributed by atoms with Crippen molar-refractivity contribution >= 4 is 26.7 Å². The van der Waals surface area contributed by atoms with Crippen molar-refractivity contribution in [2.45, 2.75) is 26.2 Å². The summed E-state index contributed by atoms with van der Waals surface area (Å²) in [6, 6.07) is 0. The minimum atomic E-state index is -0.546. The molecule has 1 atom stereocenters. The zero-order valence-corrected chi connectivity index (χ0v) is 8.84. The summed E-state index contributed by atoms with van der Waals surface area (Å²) in [6.45, 7) is 1.97. The summed E-state index contributed by atoms with van der Waals surface area (Å²) in [4.78, 5) is 0. The molecular formula is C7H15BrOS. The van der Waals surface area contributed by atoms with Crippen molar-refractivity contribution in [1.82, 2.24) is 0 Å². The van der Waals surface area contributed by atoms with Crippen molar-refractivity contribution in [1.29, 1.82) is 0 Å². The van der Waals surface area contributed by atoms with Gasteiger partial charge in [-0.1, -0.05) is 29.3 Å². The number of hydrogen-bond acceptors (Lipinski definition) is 1. The van der Waals surface area contributed by atoms with Crippen LogP contribution in [0.15, 0.2) is 0 Å². The van der Waals surface area contributed by atoms with E-state index in [9.17, 15) is 4.21 Å². The lowest BCUT2D eigenvalue weighted by molar-refractivity contribution is 0.677. The lowest BCUT2D eigenvalue weighted by atomic mass is 10.3. The highest BCUT2D eigenvalue weighted by atomic mass is 79.9. The summed E-state index contributed by atoms with van der Waals surface area (Å²) in [6.07, 6.45) is 3.53. The molecule has 1 nitrogen and oxygen atoms in total. The van der Waals surface area contributed by atoms with E-state index in [1.807, 2.05) is 6.92 Å². The molecule has 0 amide bonds. The second-order valence-corrected chi connectivity index (χ2v) is 4.84. The van der Waals surface area contributed by atoms with E-state index in [4.69, 9.17) is 0 Å². The van der Waals surface area contributed by atoms with Gasteiger partial charge in [0.2, 0.25) is 0 Å². The largest absolute Gasteiger partial charge is 0.260 e. The Morgan fingerprint density at radius 1 is 1.30 bits per heavy atom. The first kappa shape index (κ1) is 10.6. The van der Waals surface area contributed by atoms with Crippen molar-refractivity contribution in [3.63, 3.8) is 0 Å². The number of unbranched alkanes of at least 4 members (excludes halogenated alkanes) is 2. The van der Waals surface area contributed by atoms with E-state index < -0.39 is 10.8 Å². The Labute approximate surface area is 74.2 Å². The molecule has 0 radical (unpaired) electrons. The summed E-state index contributed by atoms with van der Waals surface area (Å²) in [5.74, 6) is 1.71. The van der Waals surface area contributed by atoms with E-state index in [2.05, 4.69) is 15.9 Å². The quantitative estimate of drug-likeness (QED) is 0.502. The van der Waals surface area contributed by atoms with Gasteiger partial charge in [0.15, 0.2) is 0 Å². The number of rotatable bonds is 6. The third kappa shape index (κ3) is 6.75. The zero-order chi connectivity index (χ0) is 7.82. The molecule has 0 aromatic rings. The zero-order valence-electron chi connectivity index (χ0n) is 6.44. The van der Waals surface area contributed by atoms with Gasteiger partial charge in [0.05, 0.1) is 0 Å². The van der Waals surface area contributed by atoms with Crippen LogP contribution in [0, 0.1) is 0 Å². The Morgan fingerprint density at radius 2 is 2.00 bits per heavy atom. The first-order valence-electron chi connectivity index (χ1n) is 3.72. The van der Waals surface area contributed by atoms with Gasteiger partial charge < -0.3 is 0 Å². The summed E-state index contributed by atoms with van der Waals surface area (Å²) >= 11 is 3.36. The Hall–Kier alpha value is 0.630. The maximum absolute atomic E-state index is 10.9. The molecule has 3 heteroatoms. The first-order valence-corrected chi connectivity index (χ1v) is 6.33. The van der Waals surface area contributed by atoms with Crippen molar-refractivity contribution in [3.8, 4) is 0 Å². The van der Waals surface area contributed by atoms with Gasteiger partial charge in [-0.05, 0) is 12.8 Å². The van der Waals surface area contributed by atoms with Gasteiger partial charge in [0.25, 0.3) is 0 Å². The minimum absolute atomic E-state index is 0.546. The summed E-state index contributed by atoms with van der Waals surface area (Å²) in [5, 5.41) is 1.08. The van der Waals surface area contributed by atoms with E-state index in [-0.39, 0.29) is 0 Å². The predicted octanol–water partition coefficient (Wildman–Crippen LogP) is 2.32. The maximum Gasteiger partial charge on any atom is 0.0234 e. The molecule has 0 spiro atoms. The molecule has 0 aromatic carbocycles. The molecule has 0 rings (SSSR count). The van der Waals surface area contributed by atoms with Crippen molar-refractivity contribution in [3.05, 3.63) is 0 Å². The van der Waals surface area contributed by atoms with E-state index in [1.54, 1.807) is 0 Å². The SMILES string of the molecule is CCS(=O)CCCCCBr. The van der Waals surface area contributed by atoms with Crippen LogP contribution in [0.4, 0.5) is 0 Å². The van der Waals surface area contributed by atoms with Gasteiger partial charge in [0, 0.05) is 27.6 Å². The lowest BCUT2D eigenvalue weighted by Gasteiger charge is -1.96. The van der Waals surface area contributed by atoms with Gasteiger partial charge >= 0.3 is 0 Å². The summed E-state index contributed by atoms with van der Waals surface area (Å²) < 4.78 is 10.9. The average molecular weight is 227 g/mol. The van der Waals surface area contributed by atoms with Crippen LogP contribution in [0.2, 0.25) is 0 Å². The molecule has 0 aliphatic carbocycles. The predicted molar refractivity (Wildman–Crippen MR) is 51.2 cm³/mol. The Kier molecular flexibility index (Phi) is 8.22. The summed E-state index contributed by atoms with van der Waals surface area (Å²) in [5.41, 5.74) is 0. The summed E-state index contributed by atoms with van der Waals surface area (Å²) in [7, 11) is -0.546. The topological polar surface area (TPSA) is 17.1 Å². The van der Waals surface area contributed by atoms with Crippen LogP contribution >= 0.6 is 15.9 Å². The second-order valence-electron chi connectivity index (χ2n) is 2.18. The molecule has 0 saturated carbocycles. The Bertz CT molecular complexity index is 95.6. The average Bonchev–Trinajstić information content (AvgIpc) is 1.98. The Morgan fingerprint density at radius 3 is 2.50 bits per heavy atom. The highest BCUT2D eigenvalue weighted by molar-refractivity contribution is 9.09. The standard InChI is InChI=1S/C7H15BrOS/c1-2-10(9)7-5-3-4-6-8/h2-7H2,1H3. The second kappa shape index (κ2) is 7.73. The van der Waals surface area contributed by atoms with Crippen LogP contribution in [0.1, 0.15) is 26.2 Å². The molecule has 0 aliphatic heterocycles. The molecule has 0 aromatic heterocycles. The van der Waals surface area contributed by atoms with Crippen LogP contribution in [0.25, 0.3) is 0 Å². The smallest absolute Gasteiger partial charge is 0.0234 e. The molecule has 10 heavy (non-hydrogen) atoms. The van der Waals surface area contributed by atoms with Crippen LogP contribution in [0.3, 0.4) is 0 Å². The number of halogens is 1. The molecule has 1 unspecified atom stereocenters. The normalized spacial score (nSPS) is 13.4. The fourth-order valence-electron chi connectivity index (χ4n) is 0.679. The molecule has 62 valence electrons. The highest BCUT2D eigenvalue weighted by Crippen LogP contribution is 1.99. The first-order chi connectivity index (χ1) is 4.81. The lowest BCUT2D eigenvalue weighted by Crippen LogP contribution is -1.99. The van der Waals surface area contributed by atoms with E-state index in [1.165, 1.54) is 12.8 Å². The highest BCUT2D eigenvalue weighted by Gasteiger charge is 1.94. The van der Waals surface area contributed by atoms with E-state index in [0.717, 1.165) is 23.3 Å².